The Morgan fingerprint density at radius 2 is 1.95 bits per heavy atom. The van der Waals surface area contributed by atoms with Gasteiger partial charge in [-0.1, -0.05) is 5.16 Å². The van der Waals surface area contributed by atoms with Crippen LogP contribution in [-0.2, 0) is 9.59 Å². The number of carbonyl (C=O) groups is 2. The van der Waals surface area contributed by atoms with Crippen molar-refractivity contribution in [1.82, 2.24) is 15.4 Å². The Bertz CT molecular complexity index is 543. The van der Waals surface area contributed by atoms with Gasteiger partial charge in [-0.15, -0.1) is 0 Å². The molecule has 1 fully saturated rings. The first kappa shape index (κ1) is 14.6. The van der Waals surface area contributed by atoms with Crippen LogP contribution in [-0.4, -0.2) is 33.5 Å². The highest BCUT2D eigenvalue weighted by Crippen LogP contribution is 2.32. The predicted octanol–water partition coefficient (Wildman–Crippen LogP) is 1.48. The molecule has 2 unspecified atom stereocenters. The summed E-state index contributed by atoms with van der Waals surface area (Å²) in [5, 5.41) is 6.67. The number of piperazine rings is 1. The molecule has 1 aromatic rings. The van der Waals surface area contributed by atoms with Crippen molar-refractivity contribution in [2.24, 2.45) is 0 Å². The lowest BCUT2D eigenvalue weighted by atomic mass is 9.93. The van der Waals surface area contributed by atoms with Crippen LogP contribution in [0.15, 0.2) is 4.52 Å². The monoisotopic (exact) mass is 279 g/mol. The predicted molar refractivity (Wildman–Crippen MR) is 72.9 cm³/mol. The van der Waals surface area contributed by atoms with Gasteiger partial charge in [0.2, 0.25) is 11.8 Å². The van der Waals surface area contributed by atoms with Crippen molar-refractivity contribution in [2.75, 3.05) is 0 Å². The molecule has 0 bridgehead atoms. The fraction of sp³-hybridized carbons (Fsp3) is 0.643. The fourth-order valence-corrected chi connectivity index (χ4v) is 2.83. The minimum atomic E-state index is -0.892. The Kier molecular flexibility index (Phi) is 3.36. The van der Waals surface area contributed by atoms with E-state index >= 15 is 0 Å². The quantitative estimate of drug-likeness (QED) is 0.889. The highest BCUT2D eigenvalue weighted by atomic mass is 16.5. The third-order valence-electron chi connectivity index (χ3n) is 3.93. The second-order valence-corrected chi connectivity index (χ2v) is 5.92. The maximum absolute atomic E-state index is 12.6. The van der Waals surface area contributed by atoms with Crippen molar-refractivity contribution in [1.29, 1.82) is 0 Å². The molecule has 1 N–H and O–H groups in total. The van der Waals surface area contributed by atoms with E-state index in [0.717, 1.165) is 11.3 Å². The summed E-state index contributed by atoms with van der Waals surface area (Å²) in [7, 11) is 0. The van der Waals surface area contributed by atoms with Crippen LogP contribution in [0.4, 0.5) is 0 Å². The summed E-state index contributed by atoms with van der Waals surface area (Å²) >= 11 is 0. The van der Waals surface area contributed by atoms with E-state index in [-0.39, 0.29) is 17.9 Å². The lowest BCUT2D eigenvalue weighted by molar-refractivity contribution is -0.155. The van der Waals surface area contributed by atoms with Crippen LogP contribution in [0.2, 0.25) is 0 Å². The van der Waals surface area contributed by atoms with Gasteiger partial charge < -0.3 is 14.7 Å². The van der Waals surface area contributed by atoms with Crippen molar-refractivity contribution < 1.29 is 14.1 Å². The van der Waals surface area contributed by atoms with Gasteiger partial charge in [0.1, 0.15) is 17.3 Å². The van der Waals surface area contributed by atoms with Crippen LogP contribution < -0.4 is 5.32 Å². The fourth-order valence-electron chi connectivity index (χ4n) is 2.83. The van der Waals surface area contributed by atoms with Crippen LogP contribution >= 0.6 is 0 Å². The first-order valence-corrected chi connectivity index (χ1v) is 6.74. The van der Waals surface area contributed by atoms with Crippen molar-refractivity contribution >= 4 is 11.8 Å². The largest absolute Gasteiger partial charge is 0.361 e. The average Bonchev–Trinajstić information content (AvgIpc) is 2.66. The van der Waals surface area contributed by atoms with Gasteiger partial charge in [-0.3, -0.25) is 9.59 Å². The second kappa shape index (κ2) is 4.61. The molecule has 1 saturated heterocycles. The number of hydrogen-bond acceptors (Lipinski definition) is 4. The number of aryl methyl sites for hydroxylation is 2. The SMILES string of the molecule is Cc1noc(C)c1C(C)N1C(=O)C(C)(C)NC(=O)C1C. The first-order chi connectivity index (χ1) is 9.16. The molecule has 0 spiro atoms. The zero-order valence-electron chi connectivity index (χ0n) is 12.8. The number of nitrogens with zero attached hydrogens (tertiary/aromatic N) is 2. The van der Waals surface area contributed by atoms with Gasteiger partial charge >= 0.3 is 0 Å². The van der Waals surface area contributed by atoms with E-state index in [0.29, 0.717) is 5.76 Å². The summed E-state index contributed by atoms with van der Waals surface area (Å²) in [5.74, 6) is 0.434. The molecule has 1 aliphatic heterocycles. The molecule has 0 aromatic carbocycles. The summed E-state index contributed by atoms with van der Waals surface area (Å²) in [6, 6.07) is -0.770. The van der Waals surface area contributed by atoms with Gasteiger partial charge in [-0.2, -0.15) is 0 Å². The maximum Gasteiger partial charge on any atom is 0.248 e. The van der Waals surface area contributed by atoms with Crippen LogP contribution in [0.25, 0.3) is 0 Å². The number of hydrogen-bond donors (Lipinski definition) is 1. The van der Waals surface area contributed by atoms with Gasteiger partial charge in [0.25, 0.3) is 0 Å². The number of aromatic nitrogens is 1. The van der Waals surface area contributed by atoms with Gasteiger partial charge in [-0.05, 0) is 41.5 Å². The average molecular weight is 279 g/mol. The molecular weight excluding hydrogens is 258 g/mol. The standard InChI is InChI=1S/C14H21N3O3/c1-7-11(10(4)20-16-7)8(2)17-9(3)12(18)15-14(5,6)13(17)19/h8-9H,1-6H3,(H,15,18). The topological polar surface area (TPSA) is 75.4 Å². The molecule has 2 atom stereocenters. The molecular formula is C14H21N3O3. The van der Waals surface area contributed by atoms with Crippen molar-refractivity contribution in [3.05, 3.63) is 17.0 Å². The third-order valence-corrected chi connectivity index (χ3v) is 3.93. The molecule has 1 aromatic heterocycles. The lowest BCUT2D eigenvalue weighted by Crippen LogP contribution is -2.67. The molecule has 20 heavy (non-hydrogen) atoms. The van der Waals surface area contributed by atoms with E-state index in [1.165, 1.54) is 0 Å². The van der Waals surface area contributed by atoms with E-state index in [1.54, 1.807) is 25.7 Å². The van der Waals surface area contributed by atoms with E-state index in [2.05, 4.69) is 10.5 Å². The highest BCUT2D eigenvalue weighted by Gasteiger charge is 2.46. The number of rotatable bonds is 2. The number of nitrogens with one attached hydrogen (secondary N) is 1. The third kappa shape index (κ3) is 2.09. The zero-order valence-corrected chi connectivity index (χ0v) is 12.8. The molecule has 6 nitrogen and oxygen atoms in total. The molecule has 2 amide bonds. The Labute approximate surface area is 118 Å². The van der Waals surface area contributed by atoms with Crippen LogP contribution in [0.5, 0.6) is 0 Å². The van der Waals surface area contributed by atoms with Crippen LogP contribution in [0.3, 0.4) is 0 Å². The van der Waals surface area contributed by atoms with Crippen molar-refractivity contribution in [2.45, 2.75) is 59.2 Å². The molecule has 2 heterocycles. The molecule has 0 aliphatic carbocycles. The first-order valence-electron chi connectivity index (χ1n) is 6.74. The van der Waals surface area contributed by atoms with Gasteiger partial charge in [0.15, 0.2) is 0 Å². The Morgan fingerprint density at radius 1 is 1.35 bits per heavy atom. The van der Waals surface area contributed by atoms with E-state index in [4.69, 9.17) is 4.52 Å². The minimum absolute atomic E-state index is 0.0999. The molecule has 6 heteroatoms. The minimum Gasteiger partial charge on any atom is -0.361 e. The number of carbonyl (C=O) groups excluding carboxylic acids is 2. The Hall–Kier alpha value is -1.85. The van der Waals surface area contributed by atoms with E-state index in [1.807, 2.05) is 20.8 Å². The molecule has 110 valence electrons. The lowest BCUT2D eigenvalue weighted by Gasteiger charge is -2.44. The summed E-state index contributed by atoms with van der Waals surface area (Å²) in [5.41, 5.74) is 0.728. The van der Waals surface area contributed by atoms with E-state index < -0.39 is 11.6 Å². The van der Waals surface area contributed by atoms with Crippen LogP contribution in [0.1, 0.15) is 50.8 Å². The molecule has 0 radical (unpaired) electrons. The Balaban J connectivity index is 2.44. The zero-order chi connectivity index (χ0) is 15.2. The van der Waals surface area contributed by atoms with Crippen molar-refractivity contribution in [3.63, 3.8) is 0 Å². The number of amides is 2. The molecule has 0 saturated carbocycles. The van der Waals surface area contributed by atoms with Gasteiger partial charge in [0, 0.05) is 5.56 Å². The summed E-state index contributed by atoms with van der Waals surface area (Å²) in [6.45, 7) is 10.7. The second-order valence-electron chi connectivity index (χ2n) is 5.92. The summed E-state index contributed by atoms with van der Waals surface area (Å²) in [6.07, 6.45) is 0. The van der Waals surface area contributed by atoms with Crippen LogP contribution in [0, 0.1) is 13.8 Å². The smallest absolute Gasteiger partial charge is 0.248 e. The normalized spacial score (nSPS) is 23.7. The summed E-state index contributed by atoms with van der Waals surface area (Å²) in [4.78, 5) is 26.3. The van der Waals surface area contributed by atoms with E-state index in [9.17, 15) is 9.59 Å². The maximum atomic E-state index is 12.6. The summed E-state index contributed by atoms with van der Waals surface area (Å²) < 4.78 is 5.17. The highest BCUT2D eigenvalue weighted by molar-refractivity contribution is 5.99. The van der Waals surface area contributed by atoms with Gasteiger partial charge in [-0.25, -0.2) is 0 Å². The van der Waals surface area contributed by atoms with Gasteiger partial charge in [0.05, 0.1) is 11.7 Å². The Morgan fingerprint density at radius 3 is 2.45 bits per heavy atom. The molecule has 2 rings (SSSR count). The van der Waals surface area contributed by atoms with Crippen molar-refractivity contribution in [3.8, 4) is 0 Å². The molecule has 1 aliphatic rings.